The van der Waals surface area contributed by atoms with E-state index in [0.29, 0.717) is 18.9 Å². The summed E-state index contributed by atoms with van der Waals surface area (Å²) in [4.78, 5) is 9.55. The van der Waals surface area contributed by atoms with Gasteiger partial charge in [0, 0.05) is 6.20 Å². The van der Waals surface area contributed by atoms with E-state index in [1.54, 1.807) is 19.2 Å². The molecule has 0 spiro atoms. The molecular formula is C8H9ClFN3. The molecule has 0 unspecified atom stereocenters. The van der Waals surface area contributed by atoms with Gasteiger partial charge in [-0.1, -0.05) is 0 Å². The van der Waals surface area contributed by atoms with E-state index >= 15 is 0 Å². The van der Waals surface area contributed by atoms with Crippen molar-refractivity contribution in [2.75, 3.05) is 18.0 Å². The summed E-state index contributed by atoms with van der Waals surface area (Å²) in [6, 6.07) is 1.72. The summed E-state index contributed by atoms with van der Waals surface area (Å²) in [5.74, 6) is 0.690. The second-order valence-electron chi connectivity index (χ2n) is 3.45. The third-order valence-electron chi connectivity index (χ3n) is 1.98. The number of anilines is 1. The van der Waals surface area contributed by atoms with Crippen LogP contribution in [0, 0.1) is 0 Å². The Labute approximate surface area is 80.6 Å². The minimum atomic E-state index is -1.09. The summed E-state index contributed by atoms with van der Waals surface area (Å²) in [5, 5.41) is 0.199. The fraction of sp³-hybridized carbons (Fsp3) is 0.500. The number of hydrogen-bond donors (Lipinski definition) is 0. The third kappa shape index (κ3) is 1.72. The van der Waals surface area contributed by atoms with Crippen LogP contribution in [0.25, 0.3) is 0 Å². The maximum absolute atomic E-state index is 13.1. The lowest BCUT2D eigenvalue weighted by Crippen LogP contribution is -2.57. The van der Waals surface area contributed by atoms with E-state index in [1.807, 2.05) is 4.90 Å². The minimum absolute atomic E-state index is 0.199. The molecule has 0 saturated carbocycles. The van der Waals surface area contributed by atoms with Gasteiger partial charge in [-0.3, -0.25) is 0 Å². The van der Waals surface area contributed by atoms with Gasteiger partial charge in [0.15, 0.2) is 0 Å². The lowest BCUT2D eigenvalue weighted by molar-refractivity contribution is 0.143. The molecule has 13 heavy (non-hydrogen) atoms. The number of hydrogen-bond acceptors (Lipinski definition) is 3. The molecule has 5 heteroatoms. The number of alkyl halides is 1. The highest BCUT2D eigenvalue weighted by Crippen LogP contribution is 2.28. The first-order chi connectivity index (χ1) is 6.07. The molecule has 0 aliphatic carbocycles. The standard InChI is InChI=1S/C8H9ClFN3/c1-8(10)4-13(5-8)6-2-3-11-7(9)12-6/h2-3H,4-5H2,1H3. The zero-order valence-electron chi connectivity index (χ0n) is 7.17. The molecule has 70 valence electrons. The van der Waals surface area contributed by atoms with E-state index in [2.05, 4.69) is 9.97 Å². The Morgan fingerprint density at radius 3 is 2.85 bits per heavy atom. The molecule has 0 bridgehead atoms. The summed E-state index contributed by atoms with van der Waals surface area (Å²) in [6.07, 6.45) is 1.57. The predicted octanol–water partition coefficient (Wildman–Crippen LogP) is 1.68. The molecule has 0 aromatic carbocycles. The average molecular weight is 202 g/mol. The molecule has 1 saturated heterocycles. The molecule has 1 aromatic heterocycles. The van der Waals surface area contributed by atoms with Crippen molar-refractivity contribution in [2.24, 2.45) is 0 Å². The SMILES string of the molecule is CC1(F)CN(c2ccnc(Cl)n2)C1. The number of halogens is 2. The van der Waals surface area contributed by atoms with E-state index in [-0.39, 0.29) is 5.28 Å². The van der Waals surface area contributed by atoms with E-state index in [1.165, 1.54) is 0 Å². The molecule has 0 atom stereocenters. The van der Waals surface area contributed by atoms with Crippen LogP contribution in [0.2, 0.25) is 5.28 Å². The molecule has 3 nitrogen and oxygen atoms in total. The second kappa shape index (κ2) is 2.80. The molecule has 1 fully saturated rings. The third-order valence-corrected chi connectivity index (χ3v) is 2.16. The molecule has 2 rings (SSSR count). The van der Waals surface area contributed by atoms with Gasteiger partial charge >= 0.3 is 0 Å². The fourth-order valence-electron chi connectivity index (χ4n) is 1.41. The van der Waals surface area contributed by atoms with Gasteiger partial charge in [0.25, 0.3) is 0 Å². The molecule has 1 aliphatic rings. The topological polar surface area (TPSA) is 29.0 Å². The van der Waals surface area contributed by atoms with Gasteiger partial charge in [0.2, 0.25) is 5.28 Å². The van der Waals surface area contributed by atoms with Crippen LogP contribution in [-0.4, -0.2) is 28.7 Å². The van der Waals surface area contributed by atoms with Crippen molar-refractivity contribution in [2.45, 2.75) is 12.6 Å². The number of nitrogens with zero attached hydrogens (tertiary/aromatic N) is 3. The summed E-state index contributed by atoms with van der Waals surface area (Å²) >= 11 is 5.60. The Morgan fingerprint density at radius 2 is 2.31 bits per heavy atom. The van der Waals surface area contributed by atoms with Gasteiger partial charge in [-0.2, -0.15) is 0 Å². The zero-order valence-corrected chi connectivity index (χ0v) is 7.92. The Kier molecular flexibility index (Phi) is 1.87. The minimum Gasteiger partial charge on any atom is -0.350 e. The highest BCUT2D eigenvalue weighted by molar-refractivity contribution is 6.28. The fourth-order valence-corrected chi connectivity index (χ4v) is 1.56. The molecule has 1 aliphatic heterocycles. The van der Waals surface area contributed by atoms with Crippen LogP contribution in [0.3, 0.4) is 0 Å². The van der Waals surface area contributed by atoms with Crippen molar-refractivity contribution in [1.82, 2.24) is 9.97 Å². The maximum atomic E-state index is 13.1. The molecular weight excluding hydrogens is 193 g/mol. The van der Waals surface area contributed by atoms with Gasteiger partial charge in [-0.05, 0) is 24.6 Å². The Morgan fingerprint density at radius 1 is 1.62 bits per heavy atom. The van der Waals surface area contributed by atoms with Crippen molar-refractivity contribution >= 4 is 17.4 Å². The van der Waals surface area contributed by atoms with Crippen LogP contribution in [0.4, 0.5) is 10.2 Å². The quantitative estimate of drug-likeness (QED) is 0.648. The van der Waals surface area contributed by atoms with E-state index < -0.39 is 5.67 Å². The summed E-state index contributed by atoms with van der Waals surface area (Å²) < 4.78 is 13.1. The number of aromatic nitrogens is 2. The summed E-state index contributed by atoms with van der Waals surface area (Å²) in [6.45, 7) is 2.33. The van der Waals surface area contributed by atoms with Crippen LogP contribution in [0.1, 0.15) is 6.92 Å². The Hall–Kier alpha value is -0.900. The molecule has 1 aromatic rings. The lowest BCUT2D eigenvalue weighted by atomic mass is 9.99. The van der Waals surface area contributed by atoms with Gasteiger partial charge in [-0.15, -0.1) is 0 Å². The van der Waals surface area contributed by atoms with Crippen LogP contribution in [-0.2, 0) is 0 Å². The van der Waals surface area contributed by atoms with Crippen LogP contribution in [0.5, 0.6) is 0 Å². The highest BCUT2D eigenvalue weighted by atomic mass is 35.5. The van der Waals surface area contributed by atoms with Crippen LogP contribution in [0.15, 0.2) is 12.3 Å². The van der Waals surface area contributed by atoms with E-state index in [9.17, 15) is 4.39 Å². The average Bonchev–Trinajstić information content (AvgIpc) is 2.00. The van der Waals surface area contributed by atoms with Crippen molar-refractivity contribution < 1.29 is 4.39 Å². The van der Waals surface area contributed by atoms with Gasteiger partial charge in [-0.25, -0.2) is 14.4 Å². The van der Waals surface area contributed by atoms with Crippen molar-refractivity contribution in [3.8, 4) is 0 Å². The van der Waals surface area contributed by atoms with E-state index in [0.717, 1.165) is 0 Å². The smallest absolute Gasteiger partial charge is 0.224 e. The first-order valence-corrected chi connectivity index (χ1v) is 4.37. The second-order valence-corrected chi connectivity index (χ2v) is 3.79. The van der Waals surface area contributed by atoms with Crippen molar-refractivity contribution in [3.05, 3.63) is 17.5 Å². The molecule has 0 radical (unpaired) electrons. The van der Waals surface area contributed by atoms with Crippen molar-refractivity contribution in [3.63, 3.8) is 0 Å². The highest BCUT2D eigenvalue weighted by Gasteiger charge is 2.39. The zero-order chi connectivity index (χ0) is 9.47. The first kappa shape index (κ1) is 8.69. The lowest BCUT2D eigenvalue weighted by Gasteiger charge is -2.42. The first-order valence-electron chi connectivity index (χ1n) is 3.99. The van der Waals surface area contributed by atoms with Crippen LogP contribution < -0.4 is 4.90 Å². The monoisotopic (exact) mass is 201 g/mol. The maximum Gasteiger partial charge on any atom is 0.224 e. The normalized spacial score (nSPS) is 19.8. The molecule has 0 amide bonds. The summed E-state index contributed by atoms with van der Waals surface area (Å²) in [7, 11) is 0. The van der Waals surface area contributed by atoms with Crippen molar-refractivity contribution in [1.29, 1.82) is 0 Å². The summed E-state index contributed by atoms with van der Waals surface area (Å²) in [5.41, 5.74) is -1.09. The van der Waals surface area contributed by atoms with Gasteiger partial charge in [0.1, 0.15) is 11.5 Å². The number of rotatable bonds is 1. The molecule has 2 heterocycles. The van der Waals surface area contributed by atoms with Gasteiger partial charge in [0.05, 0.1) is 13.1 Å². The Balaban J connectivity index is 2.11. The largest absolute Gasteiger partial charge is 0.350 e. The Bertz CT molecular complexity index is 321. The van der Waals surface area contributed by atoms with E-state index in [4.69, 9.17) is 11.6 Å². The molecule has 0 N–H and O–H groups in total. The van der Waals surface area contributed by atoms with Gasteiger partial charge < -0.3 is 4.90 Å². The van der Waals surface area contributed by atoms with Crippen LogP contribution >= 0.6 is 11.6 Å². The predicted molar refractivity (Wildman–Crippen MR) is 48.8 cm³/mol.